The van der Waals surface area contributed by atoms with Gasteiger partial charge in [0.05, 0.1) is 24.0 Å². The van der Waals surface area contributed by atoms with Crippen LogP contribution in [0.5, 0.6) is 0 Å². The Morgan fingerprint density at radius 3 is 2.65 bits per heavy atom. The van der Waals surface area contributed by atoms with Crippen LogP contribution in [0.1, 0.15) is 36.3 Å². The maximum Gasteiger partial charge on any atom is 0.230 e. The standard InChI is InChI=1S/C16H25NO5S/c1-11-9-15(13(3)22-11)12(2)16(18)17(6-7-21-4)14-5-8-23(19,20)10-14/h9,12,14H,5-8,10H2,1-4H3/t12-,14-/m0/s1. The first-order valence-electron chi connectivity index (χ1n) is 7.82. The van der Waals surface area contributed by atoms with Crippen molar-refractivity contribution in [2.75, 3.05) is 31.8 Å². The summed E-state index contributed by atoms with van der Waals surface area (Å²) in [7, 11) is -1.48. The molecule has 0 aliphatic carbocycles. The molecule has 0 bridgehead atoms. The fourth-order valence-corrected chi connectivity index (χ4v) is 4.88. The third-order valence-electron chi connectivity index (χ3n) is 4.38. The fourth-order valence-electron chi connectivity index (χ4n) is 3.15. The Morgan fingerprint density at radius 2 is 2.17 bits per heavy atom. The molecule has 0 unspecified atom stereocenters. The number of nitrogens with zero attached hydrogens (tertiary/aromatic N) is 1. The number of furan rings is 1. The lowest BCUT2D eigenvalue weighted by Crippen LogP contribution is -2.44. The minimum absolute atomic E-state index is 0.0402. The summed E-state index contributed by atoms with van der Waals surface area (Å²) in [5.74, 6) is 1.24. The fraction of sp³-hybridized carbons (Fsp3) is 0.688. The van der Waals surface area contributed by atoms with Crippen LogP contribution in [0.15, 0.2) is 10.5 Å². The molecular weight excluding hydrogens is 318 g/mol. The van der Waals surface area contributed by atoms with Crippen LogP contribution in [0.4, 0.5) is 0 Å². The van der Waals surface area contributed by atoms with Crippen molar-refractivity contribution in [2.24, 2.45) is 0 Å². The second kappa shape index (κ2) is 7.05. The van der Waals surface area contributed by atoms with Crippen molar-refractivity contribution in [3.8, 4) is 0 Å². The van der Waals surface area contributed by atoms with Gasteiger partial charge in [0, 0.05) is 25.3 Å². The van der Waals surface area contributed by atoms with Crippen molar-refractivity contribution >= 4 is 15.7 Å². The number of carbonyl (C=O) groups excluding carboxylic acids is 1. The number of amides is 1. The molecule has 1 saturated heterocycles. The van der Waals surface area contributed by atoms with Crippen LogP contribution in [0, 0.1) is 13.8 Å². The largest absolute Gasteiger partial charge is 0.466 e. The van der Waals surface area contributed by atoms with Gasteiger partial charge < -0.3 is 14.1 Å². The Balaban J connectivity index is 2.20. The summed E-state index contributed by atoms with van der Waals surface area (Å²) in [6, 6.07) is 1.61. The van der Waals surface area contributed by atoms with Gasteiger partial charge in [0.2, 0.25) is 5.91 Å². The molecule has 0 spiro atoms. The zero-order valence-corrected chi connectivity index (χ0v) is 15.0. The van der Waals surface area contributed by atoms with Gasteiger partial charge in [0.1, 0.15) is 11.5 Å². The lowest BCUT2D eigenvalue weighted by Gasteiger charge is -2.30. The molecule has 1 amide bonds. The summed E-state index contributed by atoms with van der Waals surface area (Å²) in [6.07, 6.45) is 0.494. The van der Waals surface area contributed by atoms with E-state index in [1.165, 1.54) is 0 Å². The number of sulfone groups is 1. The molecule has 1 fully saturated rings. The molecule has 0 saturated carbocycles. The summed E-state index contributed by atoms with van der Waals surface area (Å²) in [5, 5.41) is 0. The Morgan fingerprint density at radius 1 is 1.48 bits per heavy atom. The van der Waals surface area contributed by atoms with Crippen LogP contribution in [0.25, 0.3) is 0 Å². The van der Waals surface area contributed by atoms with Gasteiger partial charge in [-0.25, -0.2) is 8.42 Å². The first kappa shape index (κ1) is 18.0. The highest BCUT2D eigenvalue weighted by molar-refractivity contribution is 7.91. The molecule has 1 aromatic heterocycles. The highest BCUT2D eigenvalue weighted by Crippen LogP contribution is 2.27. The van der Waals surface area contributed by atoms with E-state index in [0.29, 0.717) is 19.6 Å². The summed E-state index contributed by atoms with van der Waals surface area (Å²) in [6.45, 7) is 6.31. The molecule has 23 heavy (non-hydrogen) atoms. The Labute approximate surface area is 137 Å². The van der Waals surface area contributed by atoms with Gasteiger partial charge in [-0.05, 0) is 33.3 Å². The maximum absolute atomic E-state index is 12.9. The molecule has 2 atom stereocenters. The molecule has 1 aromatic rings. The van der Waals surface area contributed by atoms with E-state index in [1.807, 2.05) is 26.8 Å². The molecule has 2 heterocycles. The van der Waals surface area contributed by atoms with Crippen LogP contribution < -0.4 is 0 Å². The van der Waals surface area contributed by atoms with E-state index in [0.717, 1.165) is 17.1 Å². The van der Waals surface area contributed by atoms with Crippen molar-refractivity contribution in [1.29, 1.82) is 0 Å². The number of methoxy groups -OCH3 is 1. The number of aryl methyl sites for hydroxylation is 2. The number of hydrogen-bond donors (Lipinski definition) is 0. The minimum atomic E-state index is -3.05. The van der Waals surface area contributed by atoms with E-state index in [2.05, 4.69) is 0 Å². The number of rotatable bonds is 6. The Kier molecular flexibility index (Phi) is 5.52. The van der Waals surface area contributed by atoms with Gasteiger partial charge in [0.15, 0.2) is 9.84 Å². The lowest BCUT2D eigenvalue weighted by molar-refractivity contribution is -0.135. The van der Waals surface area contributed by atoms with Crippen molar-refractivity contribution in [1.82, 2.24) is 4.90 Å². The SMILES string of the molecule is COCCN(C(=O)[C@@H](C)c1cc(C)oc1C)[C@H]1CCS(=O)(=O)C1. The van der Waals surface area contributed by atoms with Crippen molar-refractivity contribution < 1.29 is 22.4 Å². The molecule has 130 valence electrons. The van der Waals surface area contributed by atoms with Crippen molar-refractivity contribution in [3.63, 3.8) is 0 Å². The molecule has 0 aromatic carbocycles. The predicted octanol–water partition coefficient (Wildman–Crippen LogP) is 1.66. The quantitative estimate of drug-likeness (QED) is 0.785. The van der Waals surface area contributed by atoms with Gasteiger partial charge in [-0.2, -0.15) is 0 Å². The van der Waals surface area contributed by atoms with Gasteiger partial charge in [-0.1, -0.05) is 0 Å². The van der Waals surface area contributed by atoms with E-state index in [4.69, 9.17) is 9.15 Å². The van der Waals surface area contributed by atoms with Crippen molar-refractivity contribution in [3.05, 3.63) is 23.2 Å². The predicted molar refractivity (Wildman–Crippen MR) is 87.2 cm³/mol. The summed E-state index contributed by atoms with van der Waals surface area (Å²) in [5.41, 5.74) is 0.857. The number of ether oxygens (including phenoxy) is 1. The van der Waals surface area contributed by atoms with E-state index >= 15 is 0 Å². The van der Waals surface area contributed by atoms with E-state index in [9.17, 15) is 13.2 Å². The molecule has 2 rings (SSSR count). The molecule has 0 radical (unpaired) electrons. The molecule has 0 N–H and O–H groups in total. The van der Waals surface area contributed by atoms with Crippen LogP contribution in [-0.2, 0) is 19.4 Å². The van der Waals surface area contributed by atoms with Gasteiger partial charge in [0.25, 0.3) is 0 Å². The number of carbonyl (C=O) groups is 1. The zero-order valence-electron chi connectivity index (χ0n) is 14.2. The van der Waals surface area contributed by atoms with E-state index < -0.39 is 9.84 Å². The average molecular weight is 343 g/mol. The van der Waals surface area contributed by atoms with Crippen LogP contribution in [0.2, 0.25) is 0 Å². The second-order valence-corrected chi connectivity index (χ2v) is 8.40. The molecule has 6 nitrogen and oxygen atoms in total. The molecule has 1 aliphatic rings. The van der Waals surface area contributed by atoms with Crippen LogP contribution in [0.3, 0.4) is 0 Å². The second-order valence-electron chi connectivity index (χ2n) is 6.17. The van der Waals surface area contributed by atoms with Gasteiger partial charge in [-0.3, -0.25) is 4.79 Å². The average Bonchev–Trinajstić information content (AvgIpc) is 3.00. The first-order chi connectivity index (χ1) is 10.7. The number of hydrogen-bond acceptors (Lipinski definition) is 5. The molecule has 1 aliphatic heterocycles. The summed E-state index contributed by atoms with van der Waals surface area (Å²) < 4.78 is 34.1. The lowest BCUT2D eigenvalue weighted by atomic mass is 9.99. The maximum atomic E-state index is 12.9. The van der Waals surface area contributed by atoms with Crippen molar-refractivity contribution in [2.45, 2.75) is 39.2 Å². The third-order valence-corrected chi connectivity index (χ3v) is 6.14. The Hall–Kier alpha value is -1.34. The minimum Gasteiger partial charge on any atom is -0.466 e. The topological polar surface area (TPSA) is 76.8 Å². The van der Waals surface area contributed by atoms with Gasteiger partial charge in [-0.15, -0.1) is 0 Å². The summed E-state index contributed by atoms with van der Waals surface area (Å²) in [4.78, 5) is 14.6. The molecular formula is C16H25NO5S. The van der Waals surface area contributed by atoms with Crippen LogP contribution in [-0.4, -0.2) is 57.0 Å². The van der Waals surface area contributed by atoms with Crippen LogP contribution >= 0.6 is 0 Å². The zero-order chi connectivity index (χ0) is 17.2. The van der Waals surface area contributed by atoms with E-state index in [1.54, 1.807) is 12.0 Å². The highest BCUT2D eigenvalue weighted by atomic mass is 32.2. The molecule has 7 heteroatoms. The normalized spacial score (nSPS) is 21.3. The smallest absolute Gasteiger partial charge is 0.230 e. The summed E-state index contributed by atoms with van der Waals surface area (Å²) >= 11 is 0. The van der Waals surface area contributed by atoms with Gasteiger partial charge >= 0.3 is 0 Å². The first-order valence-corrected chi connectivity index (χ1v) is 9.64. The Bertz CT molecular complexity index is 664. The van der Waals surface area contributed by atoms with E-state index in [-0.39, 0.29) is 29.4 Å². The monoisotopic (exact) mass is 343 g/mol. The third kappa shape index (κ3) is 4.14. The highest BCUT2D eigenvalue weighted by Gasteiger charge is 2.36.